The molecule has 1 rings (SSSR count). The van der Waals surface area contributed by atoms with Gasteiger partial charge in [0.25, 0.3) is 0 Å². The van der Waals surface area contributed by atoms with E-state index in [2.05, 4.69) is 15.9 Å². The molecule has 96 valence electrons. The van der Waals surface area contributed by atoms with Crippen molar-refractivity contribution in [3.05, 3.63) is 28.5 Å². The normalized spacial score (nSPS) is 13.4. The number of hydrogen-bond acceptors (Lipinski definition) is 3. The molecule has 0 aliphatic carbocycles. The second-order valence-electron chi connectivity index (χ2n) is 3.70. The minimum absolute atomic E-state index is 0.0878. The van der Waals surface area contributed by atoms with Crippen molar-refractivity contribution in [2.45, 2.75) is 6.92 Å². The zero-order valence-electron chi connectivity index (χ0n) is 8.99. The standard InChI is InChI=1S/C10H11BrClFO3S/c1-7(6-17(12,14)15)5-16-10-3-2-8(11)4-9(10)13/h2-4,7H,5-6H2,1H3. The first-order chi connectivity index (χ1) is 7.78. The number of hydrogen-bond donors (Lipinski definition) is 0. The van der Waals surface area contributed by atoms with Crippen molar-refractivity contribution in [2.75, 3.05) is 12.4 Å². The van der Waals surface area contributed by atoms with E-state index in [1.54, 1.807) is 13.0 Å². The van der Waals surface area contributed by atoms with Gasteiger partial charge in [-0.1, -0.05) is 22.9 Å². The molecule has 0 radical (unpaired) electrons. The third-order valence-corrected chi connectivity index (χ3v) is 3.74. The van der Waals surface area contributed by atoms with Crippen LogP contribution in [0, 0.1) is 11.7 Å². The van der Waals surface area contributed by atoms with Gasteiger partial charge >= 0.3 is 0 Å². The minimum atomic E-state index is -3.55. The predicted octanol–water partition coefficient (Wildman–Crippen LogP) is 3.17. The van der Waals surface area contributed by atoms with Crippen molar-refractivity contribution in [1.29, 1.82) is 0 Å². The molecule has 0 saturated heterocycles. The number of rotatable bonds is 5. The largest absolute Gasteiger partial charge is 0.490 e. The summed E-state index contributed by atoms with van der Waals surface area (Å²) in [6.45, 7) is 1.75. The average Bonchev–Trinajstić information content (AvgIpc) is 2.13. The Morgan fingerprint density at radius 2 is 2.18 bits per heavy atom. The van der Waals surface area contributed by atoms with E-state index >= 15 is 0 Å². The highest BCUT2D eigenvalue weighted by atomic mass is 79.9. The van der Waals surface area contributed by atoms with Crippen LogP contribution < -0.4 is 4.74 Å². The van der Waals surface area contributed by atoms with Crippen molar-refractivity contribution >= 4 is 35.7 Å². The lowest BCUT2D eigenvalue weighted by Gasteiger charge is -2.12. The maximum absolute atomic E-state index is 13.3. The highest BCUT2D eigenvalue weighted by Crippen LogP contribution is 2.22. The maximum atomic E-state index is 13.3. The lowest BCUT2D eigenvalue weighted by molar-refractivity contribution is 0.260. The van der Waals surface area contributed by atoms with Crippen LogP contribution in [0.25, 0.3) is 0 Å². The smallest absolute Gasteiger partial charge is 0.232 e. The monoisotopic (exact) mass is 344 g/mol. The van der Waals surface area contributed by atoms with Crippen LogP contribution in [-0.2, 0) is 9.05 Å². The number of ether oxygens (including phenoxy) is 1. The van der Waals surface area contributed by atoms with E-state index < -0.39 is 14.9 Å². The molecule has 0 spiro atoms. The van der Waals surface area contributed by atoms with Crippen molar-refractivity contribution in [3.8, 4) is 5.75 Å². The highest BCUT2D eigenvalue weighted by molar-refractivity contribution is 9.10. The summed E-state index contributed by atoms with van der Waals surface area (Å²) >= 11 is 3.12. The summed E-state index contributed by atoms with van der Waals surface area (Å²) in [6.07, 6.45) is 0. The van der Waals surface area contributed by atoms with Gasteiger partial charge in [-0.2, -0.15) is 0 Å². The summed E-state index contributed by atoms with van der Waals surface area (Å²) in [4.78, 5) is 0. The molecule has 0 aliphatic rings. The van der Waals surface area contributed by atoms with Crippen LogP contribution in [-0.4, -0.2) is 20.8 Å². The summed E-state index contributed by atoms with van der Waals surface area (Å²) in [5.74, 6) is -0.917. The fraction of sp³-hybridized carbons (Fsp3) is 0.400. The van der Waals surface area contributed by atoms with Gasteiger partial charge in [-0.05, 0) is 18.2 Å². The van der Waals surface area contributed by atoms with Gasteiger partial charge < -0.3 is 4.74 Å². The molecule has 3 nitrogen and oxygen atoms in total. The van der Waals surface area contributed by atoms with E-state index in [1.807, 2.05) is 0 Å². The Morgan fingerprint density at radius 1 is 1.53 bits per heavy atom. The zero-order valence-corrected chi connectivity index (χ0v) is 12.1. The van der Waals surface area contributed by atoms with Crippen LogP contribution >= 0.6 is 26.6 Å². The SMILES string of the molecule is CC(COc1ccc(Br)cc1F)CS(=O)(=O)Cl. The second kappa shape index (κ2) is 6.02. The zero-order chi connectivity index (χ0) is 13.1. The summed E-state index contributed by atoms with van der Waals surface area (Å²) in [6, 6.07) is 4.39. The van der Waals surface area contributed by atoms with Gasteiger partial charge in [-0.25, -0.2) is 12.8 Å². The first-order valence-corrected chi connectivity index (χ1v) is 8.05. The summed E-state index contributed by atoms with van der Waals surface area (Å²) in [7, 11) is 1.54. The second-order valence-corrected chi connectivity index (χ2v) is 7.43. The van der Waals surface area contributed by atoms with E-state index in [0.717, 1.165) is 0 Å². The molecule has 0 N–H and O–H groups in total. The maximum Gasteiger partial charge on any atom is 0.232 e. The molecule has 7 heteroatoms. The van der Waals surface area contributed by atoms with E-state index in [0.29, 0.717) is 4.47 Å². The Bertz CT molecular complexity index is 492. The quantitative estimate of drug-likeness (QED) is 0.770. The van der Waals surface area contributed by atoms with E-state index in [1.165, 1.54) is 12.1 Å². The highest BCUT2D eigenvalue weighted by Gasteiger charge is 2.14. The Kier molecular flexibility index (Phi) is 5.22. The van der Waals surface area contributed by atoms with Crippen molar-refractivity contribution in [2.24, 2.45) is 5.92 Å². The van der Waals surface area contributed by atoms with Gasteiger partial charge in [0.15, 0.2) is 11.6 Å². The van der Waals surface area contributed by atoms with E-state index in [9.17, 15) is 12.8 Å². The van der Waals surface area contributed by atoms with Gasteiger partial charge in [0, 0.05) is 21.1 Å². The first-order valence-electron chi connectivity index (χ1n) is 4.78. The minimum Gasteiger partial charge on any atom is -0.490 e. The molecule has 0 amide bonds. The molecule has 0 bridgehead atoms. The van der Waals surface area contributed by atoms with E-state index in [-0.39, 0.29) is 24.0 Å². The van der Waals surface area contributed by atoms with Crippen LogP contribution in [0.15, 0.2) is 22.7 Å². The number of benzene rings is 1. The molecular weight excluding hydrogens is 335 g/mol. The first kappa shape index (κ1) is 14.7. The fourth-order valence-electron chi connectivity index (χ4n) is 1.21. The van der Waals surface area contributed by atoms with Crippen LogP contribution in [0.2, 0.25) is 0 Å². The third kappa shape index (κ3) is 5.70. The average molecular weight is 346 g/mol. The molecule has 0 saturated carbocycles. The lowest BCUT2D eigenvalue weighted by Crippen LogP contribution is -2.16. The molecule has 1 aromatic rings. The van der Waals surface area contributed by atoms with Crippen molar-refractivity contribution < 1.29 is 17.5 Å². The molecule has 17 heavy (non-hydrogen) atoms. The molecular formula is C10H11BrClFO3S. The fourth-order valence-corrected chi connectivity index (χ4v) is 2.97. The molecule has 0 heterocycles. The Hall–Kier alpha value is -0.330. The molecule has 0 aromatic heterocycles. The van der Waals surface area contributed by atoms with Gasteiger partial charge in [0.05, 0.1) is 12.4 Å². The Balaban J connectivity index is 2.56. The lowest BCUT2D eigenvalue weighted by atomic mass is 10.2. The van der Waals surface area contributed by atoms with Crippen LogP contribution in [0.4, 0.5) is 4.39 Å². The Morgan fingerprint density at radius 3 is 2.71 bits per heavy atom. The molecule has 0 aliphatic heterocycles. The van der Waals surface area contributed by atoms with Crippen LogP contribution in [0.5, 0.6) is 5.75 Å². The molecule has 0 fully saturated rings. The number of halogens is 3. The van der Waals surface area contributed by atoms with Crippen LogP contribution in [0.1, 0.15) is 6.92 Å². The van der Waals surface area contributed by atoms with Crippen molar-refractivity contribution in [3.63, 3.8) is 0 Å². The third-order valence-electron chi connectivity index (χ3n) is 1.90. The Labute approximate surface area is 112 Å². The summed E-state index contributed by atoms with van der Waals surface area (Å²) in [5.41, 5.74) is 0. The van der Waals surface area contributed by atoms with Gasteiger partial charge in [-0.15, -0.1) is 0 Å². The predicted molar refractivity (Wildman–Crippen MR) is 68.4 cm³/mol. The van der Waals surface area contributed by atoms with Crippen molar-refractivity contribution in [1.82, 2.24) is 0 Å². The summed E-state index contributed by atoms with van der Waals surface area (Å²) < 4.78 is 40.7. The van der Waals surface area contributed by atoms with Gasteiger partial charge in [0.2, 0.25) is 9.05 Å². The van der Waals surface area contributed by atoms with Crippen LogP contribution in [0.3, 0.4) is 0 Å². The van der Waals surface area contributed by atoms with E-state index in [4.69, 9.17) is 15.4 Å². The summed E-state index contributed by atoms with van der Waals surface area (Å²) in [5, 5.41) is 0. The van der Waals surface area contributed by atoms with Gasteiger partial charge in [-0.3, -0.25) is 0 Å². The topological polar surface area (TPSA) is 43.4 Å². The molecule has 1 unspecified atom stereocenters. The molecule has 1 aromatic carbocycles. The van der Waals surface area contributed by atoms with Gasteiger partial charge in [0.1, 0.15) is 0 Å². The molecule has 1 atom stereocenters.